The van der Waals surface area contributed by atoms with Crippen molar-refractivity contribution in [3.63, 3.8) is 0 Å². The summed E-state index contributed by atoms with van der Waals surface area (Å²) in [5, 5.41) is 7.32. The van der Waals surface area contributed by atoms with E-state index >= 15 is 0 Å². The van der Waals surface area contributed by atoms with Crippen LogP contribution in [0.3, 0.4) is 0 Å². The van der Waals surface area contributed by atoms with Crippen molar-refractivity contribution in [3.8, 4) is 0 Å². The van der Waals surface area contributed by atoms with Crippen LogP contribution in [0.2, 0.25) is 0 Å². The number of aromatic nitrogens is 2. The van der Waals surface area contributed by atoms with E-state index in [1.807, 2.05) is 21.8 Å². The molecule has 3 rings (SSSR count). The molecule has 2 aliphatic heterocycles. The summed E-state index contributed by atoms with van der Waals surface area (Å²) in [5.41, 5.74) is 0. The maximum atomic E-state index is 12.6. The molecule has 2 aliphatic rings. The Kier molecular flexibility index (Phi) is 5.40. The molecule has 0 saturated carbocycles. The predicted octanol–water partition coefficient (Wildman–Crippen LogP) is 2.18. The van der Waals surface area contributed by atoms with Crippen LogP contribution >= 0.6 is 0 Å². The van der Waals surface area contributed by atoms with Crippen molar-refractivity contribution in [1.82, 2.24) is 19.6 Å². The van der Waals surface area contributed by atoms with Crippen molar-refractivity contribution in [1.29, 1.82) is 0 Å². The molecule has 7 nitrogen and oxygen atoms in total. The van der Waals surface area contributed by atoms with Crippen molar-refractivity contribution in [3.05, 3.63) is 12.3 Å². The van der Waals surface area contributed by atoms with E-state index in [-0.39, 0.29) is 18.1 Å². The summed E-state index contributed by atoms with van der Waals surface area (Å²) in [5.74, 6) is 0.618. The fourth-order valence-corrected chi connectivity index (χ4v) is 3.54. The van der Waals surface area contributed by atoms with E-state index < -0.39 is 0 Å². The summed E-state index contributed by atoms with van der Waals surface area (Å²) < 4.78 is 7.30. The number of nitrogens with zero attached hydrogens (tertiary/aromatic N) is 4. The van der Waals surface area contributed by atoms with Gasteiger partial charge < -0.3 is 9.64 Å². The van der Waals surface area contributed by atoms with Gasteiger partial charge in [-0.05, 0) is 33.6 Å². The summed E-state index contributed by atoms with van der Waals surface area (Å²) in [6.07, 6.45) is 4.10. The molecule has 1 aromatic rings. The van der Waals surface area contributed by atoms with E-state index in [2.05, 4.69) is 36.1 Å². The molecule has 0 unspecified atom stereocenters. The van der Waals surface area contributed by atoms with E-state index in [4.69, 9.17) is 4.74 Å². The molecular formula is C17H29N5O2. The number of urea groups is 1. The van der Waals surface area contributed by atoms with Gasteiger partial charge in [-0.1, -0.05) is 0 Å². The van der Waals surface area contributed by atoms with Gasteiger partial charge in [0.05, 0.1) is 0 Å². The number of anilines is 1. The lowest BCUT2D eigenvalue weighted by Gasteiger charge is -2.44. The van der Waals surface area contributed by atoms with Gasteiger partial charge in [-0.3, -0.25) is 14.9 Å². The standard InChI is InChI=1S/C17H29N5O2/c1-13(2)22-7-4-16(19-22)18-17(23)21-9-8-20(12-14(21)3)15-5-10-24-11-6-15/h4,7,13-15H,5-6,8-12H2,1-3H3,(H,18,19,23)/t14-/m1/s1. The van der Waals surface area contributed by atoms with Crippen molar-refractivity contribution in [2.45, 2.75) is 51.7 Å². The highest BCUT2D eigenvalue weighted by atomic mass is 16.5. The normalized spacial score (nSPS) is 23.7. The maximum Gasteiger partial charge on any atom is 0.323 e. The highest BCUT2D eigenvalue weighted by Crippen LogP contribution is 2.20. The fraction of sp³-hybridized carbons (Fsp3) is 0.765. The number of carbonyl (C=O) groups is 1. The molecule has 134 valence electrons. The fourth-order valence-electron chi connectivity index (χ4n) is 3.54. The molecule has 0 aliphatic carbocycles. The summed E-state index contributed by atoms with van der Waals surface area (Å²) in [4.78, 5) is 17.0. The first-order valence-electron chi connectivity index (χ1n) is 8.99. The highest BCUT2D eigenvalue weighted by Gasteiger charge is 2.31. The molecule has 0 aromatic carbocycles. The number of hydrogen-bond acceptors (Lipinski definition) is 4. The van der Waals surface area contributed by atoms with E-state index in [0.717, 1.165) is 45.7 Å². The van der Waals surface area contributed by atoms with Crippen LogP contribution < -0.4 is 5.32 Å². The SMILES string of the molecule is CC(C)n1ccc(NC(=O)N2CCN(C3CCOCC3)C[C@H]2C)n1. The molecule has 0 bridgehead atoms. The van der Waals surface area contributed by atoms with Gasteiger partial charge in [-0.15, -0.1) is 0 Å². The summed E-state index contributed by atoms with van der Waals surface area (Å²) in [6.45, 7) is 10.6. The molecule has 0 spiro atoms. The van der Waals surface area contributed by atoms with Crippen LogP contribution in [0.25, 0.3) is 0 Å². The molecule has 3 heterocycles. The minimum atomic E-state index is -0.0527. The smallest absolute Gasteiger partial charge is 0.323 e. The van der Waals surface area contributed by atoms with Gasteiger partial charge in [0.15, 0.2) is 5.82 Å². The maximum absolute atomic E-state index is 12.6. The molecule has 1 atom stereocenters. The van der Waals surface area contributed by atoms with Gasteiger partial charge in [0.1, 0.15) is 0 Å². The zero-order chi connectivity index (χ0) is 17.1. The van der Waals surface area contributed by atoms with Crippen molar-refractivity contribution in [2.75, 3.05) is 38.2 Å². The molecule has 24 heavy (non-hydrogen) atoms. The molecule has 1 N–H and O–H groups in total. The van der Waals surface area contributed by atoms with Gasteiger partial charge in [0, 0.05) is 63.2 Å². The van der Waals surface area contributed by atoms with Crippen LogP contribution in [0.1, 0.15) is 39.7 Å². The first-order chi connectivity index (χ1) is 11.5. The van der Waals surface area contributed by atoms with Crippen LogP contribution in [0.15, 0.2) is 12.3 Å². The minimum Gasteiger partial charge on any atom is -0.381 e. The van der Waals surface area contributed by atoms with Crippen LogP contribution in [0, 0.1) is 0 Å². The van der Waals surface area contributed by atoms with Crippen molar-refractivity contribution >= 4 is 11.8 Å². The average molecular weight is 335 g/mol. The van der Waals surface area contributed by atoms with Crippen molar-refractivity contribution < 1.29 is 9.53 Å². The quantitative estimate of drug-likeness (QED) is 0.920. The van der Waals surface area contributed by atoms with Crippen molar-refractivity contribution in [2.24, 2.45) is 0 Å². The topological polar surface area (TPSA) is 62.6 Å². The Morgan fingerprint density at radius 3 is 2.71 bits per heavy atom. The number of hydrogen-bond donors (Lipinski definition) is 1. The Bertz CT molecular complexity index is 553. The zero-order valence-electron chi connectivity index (χ0n) is 14.9. The molecule has 2 saturated heterocycles. The number of rotatable bonds is 3. The summed E-state index contributed by atoms with van der Waals surface area (Å²) in [7, 11) is 0. The third-order valence-electron chi connectivity index (χ3n) is 5.00. The van der Waals surface area contributed by atoms with Crippen LogP contribution in [0.5, 0.6) is 0 Å². The largest absolute Gasteiger partial charge is 0.381 e. The second kappa shape index (κ2) is 7.53. The third-order valence-corrected chi connectivity index (χ3v) is 5.00. The lowest BCUT2D eigenvalue weighted by atomic mass is 10.0. The van der Waals surface area contributed by atoms with E-state index in [0.29, 0.717) is 11.9 Å². The Labute approximate surface area is 143 Å². The molecule has 7 heteroatoms. The second-order valence-electron chi connectivity index (χ2n) is 7.09. The van der Waals surface area contributed by atoms with Crippen LogP contribution in [-0.4, -0.2) is 70.5 Å². The van der Waals surface area contributed by atoms with Gasteiger partial charge in [0.2, 0.25) is 0 Å². The summed E-state index contributed by atoms with van der Waals surface area (Å²) in [6, 6.07) is 2.89. The van der Waals surface area contributed by atoms with Crippen LogP contribution in [-0.2, 0) is 4.74 Å². The molecule has 2 fully saturated rings. The van der Waals surface area contributed by atoms with Gasteiger partial charge in [-0.25, -0.2) is 4.79 Å². The highest BCUT2D eigenvalue weighted by molar-refractivity contribution is 5.88. The molecule has 1 aromatic heterocycles. The monoisotopic (exact) mass is 335 g/mol. The van der Waals surface area contributed by atoms with E-state index in [1.165, 1.54) is 0 Å². The Morgan fingerprint density at radius 1 is 1.33 bits per heavy atom. The predicted molar refractivity (Wildman–Crippen MR) is 93.2 cm³/mol. The Morgan fingerprint density at radius 2 is 2.08 bits per heavy atom. The van der Waals surface area contributed by atoms with Crippen LogP contribution in [0.4, 0.5) is 10.6 Å². The number of carbonyl (C=O) groups excluding carboxylic acids is 1. The lowest BCUT2D eigenvalue weighted by Crippen LogP contribution is -2.58. The number of nitrogens with one attached hydrogen (secondary N) is 1. The third kappa shape index (κ3) is 3.89. The number of piperazine rings is 1. The Hall–Kier alpha value is -1.60. The lowest BCUT2D eigenvalue weighted by molar-refractivity contribution is 0.00815. The first kappa shape index (κ1) is 17.2. The van der Waals surface area contributed by atoms with E-state index in [1.54, 1.807) is 0 Å². The van der Waals surface area contributed by atoms with Gasteiger partial charge in [0.25, 0.3) is 0 Å². The molecular weight excluding hydrogens is 306 g/mol. The summed E-state index contributed by atoms with van der Waals surface area (Å²) >= 11 is 0. The average Bonchev–Trinajstić information content (AvgIpc) is 3.04. The molecule has 0 radical (unpaired) electrons. The first-order valence-corrected chi connectivity index (χ1v) is 8.99. The minimum absolute atomic E-state index is 0.0527. The second-order valence-corrected chi connectivity index (χ2v) is 7.09. The van der Waals surface area contributed by atoms with E-state index in [9.17, 15) is 4.79 Å². The zero-order valence-corrected chi connectivity index (χ0v) is 14.9. The number of amides is 2. The Balaban J connectivity index is 1.54. The number of ether oxygens (including phenoxy) is 1. The molecule has 2 amide bonds. The van der Waals surface area contributed by atoms with Gasteiger partial charge in [-0.2, -0.15) is 5.10 Å². The van der Waals surface area contributed by atoms with Gasteiger partial charge >= 0.3 is 6.03 Å².